The van der Waals surface area contributed by atoms with Crippen LogP contribution in [0.4, 0.5) is 8.78 Å². The van der Waals surface area contributed by atoms with Crippen molar-refractivity contribution in [3.05, 3.63) is 71.3 Å². The lowest BCUT2D eigenvalue weighted by Crippen LogP contribution is -2.44. The molecule has 1 atom stereocenters. The Morgan fingerprint density at radius 2 is 1.67 bits per heavy atom. The summed E-state index contributed by atoms with van der Waals surface area (Å²) in [6, 6.07) is 14.4. The SMILES string of the molecule is CNC(Cc1cccc(F)c1F)C(C)(C)c1ccccc1. The lowest BCUT2D eigenvalue weighted by Gasteiger charge is -2.35. The monoisotopic (exact) mass is 289 g/mol. The minimum absolute atomic E-state index is 0.00352. The van der Waals surface area contributed by atoms with E-state index in [2.05, 4.69) is 31.3 Å². The number of halogens is 2. The van der Waals surface area contributed by atoms with Gasteiger partial charge < -0.3 is 5.32 Å². The van der Waals surface area contributed by atoms with Crippen molar-refractivity contribution >= 4 is 0 Å². The first-order valence-corrected chi connectivity index (χ1v) is 7.12. The zero-order valence-corrected chi connectivity index (χ0v) is 12.7. The predicted octanol–water partition coefficient (Wildman–Crippen LogP) is 4.07. The Bertz CT molecular complexity index is 593. The first-order valence-electron chi connectivity index (χ1n) is 7.12. The normalized spacial score (nSPS) is 13.2. The Labute approximate surface area is 125 Å². The number of rotatable bonds is 5. The van der Waals surface area contributed by atoms with Crippen LogP contribution in [0.2, 0.25) is 0 Å². The topological polar surface area (TPSA) is 12.0 Å². The van der Waals surface area contributed by atoms with Crippen molar-refractivity contribution in [2.75, 3.05) is 7.05 Å². The van der Waals surface area contributed by atoms with Crippen LogP contribution in [0, 0.1) is 11.6 Å². The molecule has 0 amide bonds. The third-order valence-corrected chi connectivity index (χ3v) is 4.19. The molecule has 2 aromatic carbocycles. The van der Waals surface area contributed by atoms with Crippen molar-refractivity contribution in [2.45, 2.75) is 31.7 Å². The van der Waals surface area contributed by atoms with Gasteiger partial charge in [0.2, 0.25) is 0 Å². The minimum atomic E-state index is -0.792. The lowest BCUT2D eigenvalue weighted by atomic mass is 9.75. The largest absolute Gasteiger partial charge is 0.316 e. The summed E-state index contributed by atoms with van der Waals surface area (Å²) in [7, 11) is 1.85. The van der Waals surface area contributed by atoms with Gasteiger partial charge in [0.1, 0.15) is 0 Å². The second-order valence-electron chi connectivity index (χ2n) is 5.85. The number of hydrogen-bond acceptors (Lipinski definition) is 1. The van der Waals surface area contributed by atoms with Crippen molar-refractivity contribution < 1.29 is 8.78 Å². The smallest absolute Gasteiger partial charge is 0.162 e. The number of benzene rings is 2. The van der Waals surface area contributed by atoms with E-state index in [1.165, 1.54) is 5.56 Å². The van der Waals surface area contributed by atoms with Gasteiger partial charge in [-0.05, 0) is 30.7 Å². The molecule has 0 saturated heterocycles. The van der Waals surface area contributed by atoms with E-state index in [9.17, 15) is 8.78 Å². The number of hydrogen-bond donors (Lipinski definition) is 1. The highest BCUT2D eigenvalue weighted by molar-refractivity contribution is 5.28. The van der Waals surface area contributed by atoms with Crippen LogP contribution < -0.4 is 5.32 Å². The van der Waals surface area contributed by atoms with E-state index in [1.807, 2.05) is 25.2 Å². The highest BCUT2D eigenvalue weighted by Gasteiger charge is 2.31. The molecule has 0 saturated carbocycles. The quantitative estimate of drug-likeness (QED) is 0.875. The Morgan fingerprint density at radius 1 is 1.00 bits per heavy atom. The summed E-state index contributed by atoms with van der Waals surface area (Å²) < 4.78 is 27.2. The van der Waals surface area contributed by atoms with Crippen molar-refractivity contribution in [3.63, 3.8) is 0 Å². The van der Waals surface area contributed by atoms with E-state index >= 15 is 0 Å². The zero-order valence-electron chi connectivity index (χ0n) is 12.7. The molecule has 0 heterocycles. The summed E-state index contributed by atoms with van der Waals surface area (Å²) >= 11 is 0. The standard InChI is InChI=1S/C18H21F2N/c1-18(2,14-9-5-4-6-10-14)16(21-3)12-13-8-7-11-15(19)17(13)20/h4-11,16,21H,12H2,1-3H3. The first kappa shape index (κ1) is 15.6. The molecule has 0 aliphatic heterocycles. The molecule has 0 spiro atoms. The molecule has 112 valence electrons. The molecule has 2 aromatic rings. The van der Waals surface area contributed by atoms with Crippen LogP contribution in [0.15, 0.2) is 48.5 Å². The molecule has 1 nitrogen and oxygen atoms in total. The fourth-order valence-corrected chi connectivity index (χ4v) is 2.71. The van der Waals surface area contributed by atoms with Gasteiger partial charge in [0, 0.05) is 11.5 Å². The fraction of sp³-hybridized carbons (Fsp3) is 0.333. The maximum atomic E-state index is 13.9. The van der Waals surface area contributed by atoms with Gasteiger partial charge in [0.15, 0.2) is 11.6 Å². The van der Waals surface area contributed by atoms with Gasteiger partial charge in [-0.3, -0.25) is 0 Å². The van der Waals surface area contributed by atoms with Crippen LogP contribution in [-0.2, 0) is 11.8 Å². The molecule has 3 heteroatoms. The zero-order chi connectivity index (χ0) is 15.5. The predicted molar refractivity (Wildman–Crippen MR) is 82.4 cm³/mol. The Balaban J connectivity index is 2.29. The van der Waals surface area contributed by atoms with Crippen LogP contribution >= 0.6 is 0 Å². The second kappa shape index (κ2) is 6.35. The summed E-state index contributed by atoms with van der Waals surface area (Å²) in [6.07, 6.45) is 0.433. The summed E-state index contributed by atoms with van der Waals surface area (Å²) in [4.78, 5) is 0. The molecule has 0 fully saturated rings. The molecule has 0 radical (unpaired) electrons. The summed E-state index contributed by atoms with van der Waals surface area (Å²) in [5.41, 5.74) is 1.37. The average molecular weight is 289 g/mol. The van der Waals surface area contributed by atoms with Gasteiger partial charge in [0.05, 0.1) is 0 Å². The summed E-state index contributed by atoms with van der Waals surface area (Å²) in [5, 5.41) is 3.25. The van der Waals surface area contributed by atoms with Gasteiger partial charge in [-0.1, -0.05) is 56.3 Å². The van der Waals surface area contributed by atoms with Crippen molar-refractivity contribution in [2.24, 2.45) is 0 Å². The molecule has 0 aliphatic carbocycles. The van der Waals surface area contributed by atoms with E-state index in [-0.39, 0.29) is 11.5 Å². The molecule has 0 bridgehead atoms. The van der Waals surface area contributed by atoms with Crippen LogP contribution in [0.3, 0.4) is 0 Å². The third-order valence-electron chi connectivity index (χ3n) is 4.19. The van der Waals surface area contributed by atoms with Crippen LogP contribution in [0.25, 0.3) is 0 Å². The highest BCUT2D eigenvalue weighted by Crippen LogP contribution is 2.29. The minimum Gasteiger partial charge on any atom is -0.316 e. The first-order chi connectivity index (χ1) is 9.96. The van der Waals surface area contributed by atoms with E-state index in [0.29, 0.717) is 12.0 Å². The maximum absolute atomic E-state index is 13.9. The van der Waals surface area contributed by atoms with E-state index in [4.69, 9.17) is 0 Å². The average Bonchev–Trinajstić information content (AvgIpc) is 2.49. The molecule has 1 N–H and O–H groups in total. The molecule has 21 heavy (non-hydrogen) atoms. The van der Waals surface area contributed by atoms with Crippen molar-refractivity contribution in [1.82, 2.24) is 5.32 Å². The second-order valence-corrected chi connectivity index (χ2v) is 5.85. The van der Waals surface area contributed by atoms with Crippen LogP contribution in [0.5, 0.6) is 0 Å². The molecular weight excluding hydrogens is 268 g/mol. The summed E-state index contributed by atoms with van der Waals surface area (Å²) in [6.45, 7) is 4.22. The van der Waals surface area contributed by atoms with E-state index in [1.54, 1.807) is 12.1 Å². The Morgan fingerprint density at radius 3 is 2.29 bits per heavy atom. The van der Waals surface area contributed by atoms with E-state index in [0.717, 1.165) is 6.07 Å². The van der Waals surface area contributed by atoms with Crippen molar-refractivity contribution in [1.29, 1.82) is 0 Å². The fourth-order valence-electron chi connectivity index (χ4n) is 2.71. The van der Waals surface area contributed by atoms with Gasteiger partial charge in [0.25, 0.3) is 0 Å². The molecule has 0 aliphatic rings. The molecule has 1 unspecified atom stereocenters. The number of likely N-dealkylation sites (N-methyl/N-ethyl adjacent to an activating group) is 1. The van der Waals surface area contributed by atoms with Gasteiger partial charge >= 0.3 is 0 Å². The van der Waals surface area contributed by atoms with Gasteiger partial charge in [-0.2, -0.15) is 0 Å². The third kappa shape index (κ3) is 3.30. The van der Waals surface area contributed by atoms with Crippen LogP contribution in [0.1, 0.15) is 25.0 Å². The summed E-state index contributed by atoms with van der Waals surface area (Å²) in [5.74, 6) is -1.54. The highest BCUT2D eigenvalue weighted by atomic mass is 19.2. The van der Waals surface area contributed by atoms with Crippen molar-refractivity contribution in [3.8, 4) is 0 Å². The molecule has 0 aromatic heterocycles. The van der Waals surface area contributed by atoms with Crippen LogP contribution in [-0.4, -0.2) is 13.1 Å². The van der Waals surface area contributed by atoms with E-state index < -0.39 is 11.6 Å². The molecule has 2 rings (SSSR count). The Kier molecular flexibility index (Phi) is 4.73. The van der Waals surface area contributed by atoms with Gasteiger partial charge in [-0.25, -0.2) is 8.78 Å². The Hall–Kier alpha value is -1.74. The van der Waals surface area contributed by atoms with Gasteiger partial charge in [-0.15, -0.1) is 0 Å². The number of nitrogens with one attached hydrogen (secondary N) is 1. The maximum Gasteiger partial charge on any atom is 0.162 e. The molecular formula is C18H21F2N. The lowest BCUT2D eigenvalue weighted by molar-refractivity contribution is 0.351.